The van der Waals surface area contributed by atoms with Gasteiger partial charge in [0, 0.05) is 16.8 Å². The number of phenolic OH excluding ortho intramolecular Hbond substituents is 2. The van der Waals surface area contributed by atoms with Crippen LogP contribution in [0, 0.1) is 0 Å². The number of carbonyl (C=O) groups excluding carboxylic acids is 1. The number of benzene rings is 3. The number of nitrogens with one attached hydrogen (secondary N) is 2. The van der Waals surface area contributed by atoms with E-state index in [1.807, 2.05) is 4.72 Å². The van der Waals surface area contributed by atoms with Crippen LogP contribution in [0.5, 0.6) is 11.5 Å². The van der Waals surface area contributed by atoms with E-state index in [1.165, 1.54) is 36.4 Å². The van der Waals surface area contributed by atoms with Crippen molar-refractivity contribution < 1.29 is 36.6 Å². The van der Waals surface area contributed by atoms with Gasteiger partial charge >= 0.3 is 6.18 Å². The van der Waals surface area contributed by atoms with E-state index in [4.69, 9.17) is 0 Å². The number of hydrogen-bond acceptors (Lipinski definition) is 6. The quantitative estimate of drug-likeness (QED) is 0.244. The van der Waals surface area contributed by atoms with Crippen LogP contribution in [-0.4, -0.2) is 30.8 Å². The summed E-state index contributed by atoms with van der Waals surface area (Å²) in [5.74, 6) is -1.61. The molecule has 0 fully saturated rings. The Kier molecular flexibility index (Phi) is 6.58. The van der Waals surface area contributed by atoms with Gasteiger partial charge in [-0.25, -0.2) is 13.8 Å². The van der Waals surface area contributed by atoms with Crippen molar-refractivity contribution in [3.63, 3.8) is 0 Å². The number of para-hydroxylation sites is 1. The minimum absolute atomic E-state index is 0.0980. The van der Waals surface area contributed by atoms with E-state index >= 15 is 0 Å². The van der Waals surface area contributed by atoms with Gasteiger partial charge in [0.1, 0.15) is 0 Å². The van der Waals surface area contributed by atoms with Crippen molar-refractivity contribution >= 4 is 27.8 Å². The maximum atomic E-state index is 12.9. The predicted molar refractivity (Wildman–Crippen MR) is 114 cm³/mol. The molecule has 1 amide bonds. The van der Waals surface area contributed by atoms with Crippen molar-refractivity contribution in [1.29, 1.82) is 0 Å². The summed E-state index contributed by atoms with van der Waals surface area (Å²) in [6, 6.07) is 12.6. The second-order valence-corrected chi connectivity index (χ2v) is 8.31. The number of carbonyl (C=O) groups is 1. The van der Waals surface area contributed by atoms with Crippen LogP contribution in [0.25, 0.3) is 0 Å². The first-order chi connectivity index (χ1) is 15.5. The van der Waals surface area contributed by atoms with E-state index in [2.05, 4.69) is 10.5 Å². The highest BCUT2D eigenvalue weighted by atomic mass is 32.2. The molecular formula is C21H16F3N3O5S. The van der Waals surface area contributed by atoms with E-state index in [1.54, 1.807) is 0 Å². The van der Waals surface area contributed by atoms with Gasteiger partial charge in [0.25, 0.3) is 15.9 Å². The first kappa shape index (κ1) is 23.6. The highest BCUT2D eigenvalue weighted by Gasteiger charge is 2.30. The number of sulfonamides is 1. The van der Waals surface area contributed by atoms with Crippen LogP contribution in [0.3, 0.4) is 0 Å². The molecule has 8 nitrogen and oxygen atoms in total. The van der Waals surface area contributed by atoms with Crippen molar-refractivity contribution in [2.75, 3.05) is 4.72 Å². The second-order valence-electron chi connectivity index (χ2n) is 6.63. The monoisotopic (exact) mass is 479 g/mol. The molecule has 0 unspecified atom stereocenters. The average molecular weight is 479 g/mol. The van der Waals surface area contributed by atoms with Crippen molar-refractivity contribution in [2.24, 2.45) is 5.10 Å². The number of aromatic hydroxyl groups is 2. The molecule has 0 saturated carbocycles. The summed E-state index contributed by atoms with van der Waals surface area (Å²) in [5, 5.41) is 22.8. The minimum Gasteiger partial charge on any atom is -0.504 e. The molecule has 0 heterocycles. The highest BCUT2D eigenvalue weighted by molar-refractivity contribution is 7.92. The first-order valence-corrected chi connectivity index (χ1v) is 10.6. The lowest BCUT2D eigenvalue weighted by molar-refractivity contribution is -0.137. The van der Waals surface area contributed by atoms with Crippen molar-refractivity contribution in [3.05, 3.63) is 83.4 Å². The van der Waals surface area contributed by atoms with E-state index in [0.717, 1.165) is 30.5 Å². The Morgan fingerprint density at radius 2 is 1.67 bits per heavy atom. The number of hydrogen-bond donors (Lipinski definition) is 4. The van der Waals surface area contributed by atoms with Crippen LogP contribution in [-0.2, 0) is 16.2 Å². The van der Waals surface area contributed by atoms with Gasteiger partial charge in [-0.05, 0) is 48.5 Å². The molecule has 33 heavy (non-hydrogen) atoms. The van der Waals surface area contributed by atoms with Gasteiger partial charge in [-0.2, -0.15) is 18.3 Å². The van der Waals surface area contributed by atoms with Crippen LogP contribution < -0.4 is 10.1 Å². The van der Waals surface area contributed by atoms with Crippen LogP contribution in [0.4, 0.5) is 18.9 Å². The third kappa shape index (κ3) is 5.80. The summed E-state index contributed by atoms with van der Waals surface area (Å²) in [5.41, 5.74) is 0.850. The molecule has 0 radical (unpaired) electrons. The molecule has 4 N–H and O–H groups in total. The van der Waals surface area contributed by atoms with Gasteiger partial charge in [-0.3, -0.25) is 9.52 Å². The Bertz CT molecular complexity index is 1320. The Morgan fingerprint density at radius 1 is 0.970 bits per heavy atom. The molecule has 0 aromatic heterocycles. The van der Waals surface area contributed by atoms with Gasteiger partial charge in [0.2, 0.25) is 0 Å². The Hall–Kier alpha value is -4.06. The van der Waals surface area contributed by atoms with Gasteiger partial charge in [0.05, 0.1) is 16.7 Å². The number of halogens is 3. The number of alkyl halides is 3. The van der Waals surface area contributed by atoms with Gasteiger partial charge in [-0.15, -0.1) is 0 Å². The first-order valence-electron chi connectivity index (χ1n) is 9.12. The standard InChI is InChI=1S/C21H16F3N3O5S/c22-21(23,24)15-6-3-7-16(11-15)27-33(31,32)17-8-1-4-13(10-17)20(30)26-25-12-14-5-2-9-18(28)19(14)29/h1-12,27-29H,(H,26,30)/b25-12+. The van der Waals surface area contributed by atoms with Gasteiger partial charge in [0.15, 0.2) is 11.5 Å². The molecule has 0 aliphatic carbocycles. The Labute approximate surface area is 186 Å². The minimum atomic E-state index is -4.64. The van der Waals surface area contributed by atoms with Crippen molar-refractivity contribution in [3.8, 4) is 11.5 Å². The normalized spacial score (nSPS) is 12.0. The smallest absolute Gasteiger partial charge is 0.416 e. The number of anilines is 1. The zero-order valence-corrected chi connectivity index (χ0v) is 17.4. The lowest BCUT2D eigenvalue weighted by Crippen LogP contribution is -2.19. The van der Waals surface area contributed by atoms with Gasteiger partial charge < -0.3 is 10.2 Å². The fraction of sp³-hybridized carbons (Fsp3) is 0.0476. The largest absolute Gasteiger partial charge is 0.504 e. The molecule has 12 heteroatoms. The lowest BCUT2D eigenvalue weighted by atomic mass is 10.2. The van der Waals surface area contributed by atoms with Crippen LogP contribution in [0.15, 0.2) is 76.7 Å². The van der Waals surface area contributed by atoms with Crippen LogP contribution in [0.1, 0.15) is 21.5 Å². The van der Waals surface area contributed by atoms with Crippen molar-refractivity contribution in [2.45, 2.75) is 11.1 Å². The molecule has 0 aliphatic heterocycles. The molecule has 3 aromatic rings. The topological polar surface area (TPSA) is 128 Å². The molecule has 3 aromatic carbocycles. The Morgan fingerprint density at radius 3 is 2.39 bits per heavy atom. The number of phenols is 2. The Balaban J connectivity index is 1.76. The molecule has 3 rings (SSSR count). The summed E-state index contributed by atoms with van der Waals surface area (Å²) in [4.78, 5) is 11.9. The summed E-state index contributed by atoms with van der Waals surface area (Å²) >= 11 is 0. The third-order valence-corrected chi connectivity index (χ3v) is 5.64. The lowest BCUT2D eigenvalue weighted by Gasteiger charge is -2.12. The number of amides is 1. The molecule has 0 atom stereocenters. The molecular weight excluding hydrogens is 463 g/mol. The molecule has 0 spiro atoms. The fourth-order valence-corrected chi connectivity index (χ4v) is 3.75. The van der Waals surface area contributed by atoms with E-state index < -0.39 is 33.4 Å². The molecule has 0 aliphatic rings. The highest BCUT2D eigenvalue weighted by Crippen LogP contribution is 2.31. The summed E-state index contributed by atoms with van der Waals surface area (Å²) in [7, 11) is -4.30. The van der Waals surface area contributed by atoms with Crippen LogP contribution in [0.2, 0.25) is 0 Å². The van der Waals surface area contributed by atoms with Crippen molar-refractivity contribution in [1.82, 2.24) is 5.43 Å². The summed E-state index contributed by atoms with van der Waals surface area (Å²) < 4.78 is 65.8. The molecule has 172 valence electrons. The summed E-state index contributed by atoms with van der Waals surface area (Å²) in [6.07, 6.45) is -3.57. The SMILES string of the molecule is O=C(N/N=C/c1cccc(O)c1O)c1cccc(S(=O)(=O)Nc2cccc(C(F)(F)F)c2)c1. The van der Waals surface area contributed by atoms with Gasteiger partial charge in [-0.1, -0.05) is 18.2 Å². The zero-order valence-electron chi connectivity index (χ0n) is 16.5. The predicted octanol–water partition coefficient (Wildman–Crippen LogP) is 3.68. The zero-order chi connectivity index (χ0) is 24.2. The average Bonchev–Trinajstić information content (AvgIpc) is 2.76. The third-order valence-electron chi connectivity index (χ3n) is 4.26. The fourth-order valence-electron chi connectivity index (χ4n) is 2.66. The number of rotatable bonds is 6. The number of hydrazone groups is 1. The maximum Gasteiger partial charge on any atom is 0.416 e. The number of nitrogens with zero attached hydrogens (tertiary/aromatic N) is 1. The van der Waals surface area contributed by atoms with E-state index in [9.17, 15) is 36.6 Å². The molecule has 0 saturated heterocycles. The second kappa shape index (κ2) is 9.20. The summed E-state index contributed by atoms with van der Waals surface area (Å²) in [6.45, 7) is 0. The van der Waals surface area contributed by atoms with E-state index in [-0.39, 0.29) is 27.5 Å². The maximum absolute atomic E-state index is 12.9. The van der Waals surface area contributed by atoms with Crippen LogP contribution >= 0.6 is 0 Å². The molecule has 0 bridgehead atoms. The van der Waals surface area contributed by atoms with E-state index in [0.29, 0.717) is 6.07 Å².